The van der Waals surface area contributed by atoms with Gasteiger partial charge in [0.25, 0.3) is 5.91 Å². The Morgan fingerprint density at radius 2 is 1.79 bits per heavy atom. The van der Waals surface area contributed by atoms with E-state index in [2.05, 4.69) is 10.6 Å². The molecule has 11 nitrogen and oxygen atoms in total. The Kier molecular flexibility index (Phi) is 13.4. The lowest BCUT2D eigenvalue weighted by Crippen LogP contribution is -2.37. The Morgan fingerprint density at radius 1 is 1.09 bits per heavy atom. The summed E-state index contributed by atoms with van der Waals surface area (Å²) < 4.78 is 16.7. The maximum absolute atomic E-state index is 13.9. The van der Waals surface area contributed by atoms with Crippen molar-refractivity contribution in [1.29, 1.82) is 0 Å². The van der Waals surface area contributed by atoms with E-state index in [1.54, 1.807) is 32.1 Å². The number of rotatable bonds is 6. The van der Waals surface area contributed by atoms with Crippen LogP contribution < -0.4 is 16.4 Å². The van der Waals surface area contributed by atoms with E-state index in [9.17, 15) is 24.3 Å². The van der Waals surface area contributed by atoms with Gasteiger partial charge in [0.15, 0.2) is 6.10 Å². The van der Waals surface area contributed by atoms with E-state index in [-0.39, 0.29) is 34.9 Å². The molecule has 0 aromatic heterocycles. The van der Waals surface area contributed by atoms with Gasteiger partial charge >= 0.3 is 6.09 Å². The highest BCUT2D eigenvalue weighted by molar-refractivity contribution is 6.23. The molecule has 1 aliphatic heterocycles. The van der Waals surface area contributed by atoms with Crippen LogP contribution in [0.25, 0.3) is 0 Å². The number of ether oxygens (including phenoxy) is 3. The van der Waals surface area contributed by atoms with Crippen molar-refractivity contribution in [2.75, 3.05) is 14.2 Å². The molecular weight excluding hydrogens is 602 g/mol. The van der Waals surface area contributed by atoms with Crippen LogP contribution in [0.15, 0.2) is 82.8 Å². The molecule has 11 heteroatoms. The van der Waals surface area contributed by atoms with E-state index in [0.29, 0.717) is 18.5 Å². The van der Waals surface area contributed by atoms with Gasteiger partial charge in [-0.1, -0.05) is 62.4 Å². The van der Waals surface area contributed by atoms with Gasteiger partial charge in [0.1, 0.15) is 6.10 Å². The second-order valence-electron chi connectivity index (χ2n) is 12.2. The van der Waals surface area contributed by atoms with Gasteiger partial charge in [0.2, 0.25) is 11.6 Å². The molecule has 0 unspecified atom stereocenters. The molecule has 2 aliphatic rings. The quantitative estimate of drug-likeness (QED) is 0.264. The number of nitrogens with two attached hydrogens (primary N) is 1. The number of benzene rings is 1. The molecule has 2 amide bonds. The van der Waals surface area contributed by atoms with Crippen molar-refractivity contribution >= 4 is 23.6 Å². The number of fused-ring (bicyclic) bond motifs is 2. The van der Waals surface area contributed by atoms with E-state index in [1.165, 1.54) is 20.3 Å². The fraction of sp³-hybridized carbons (Fsp3) is 0.444. The first-order chi connectivity index (χ1) is 22.3. The van der Waals surface area contributed by atoms with Gasteiger partial charge in [0, 0.05) is 43.9 Å². The minimum absolute atomic E-state index is 0.125. The number of carbonyl (C=O) groups excluding carboxylic acids is 4. The molecule has 1 aromatic rings. The number of aliphatic hydroxyl groups is 1. The van der Waals surface area contributed by atoms with Crippen LogP contribution in [0, 0.1) is 18.8 Å². The van der Waals surface area contributed by atoms with Gasteiger partial charge in [-0.25, -0.2) is 4.79 Å². The van der Waals surface area contributed by atoms with Crippen LogP contribution in [0.2, 0.25) is 0 Å². The average Bonchev–Trinajstić information content (AvgIpc) is 3.02. The van der Waals surface area contributed by atoms with Gasteiger partial charge in [-0.2, -0.15) is 0 Å². The minimum atomic E-state index is -1.000. The molecule has 0 fully saturated rings. The summed E-state index contributed by atoms with van der Waals surface area (Å²) in [4.78, 5) is 52.3. The molecule has 1 aliphatic carbocycles. The molecular formula is C36H47N3O8. The zero-order valence-corrected chi connectivity index (χ0v) is 28.2. The lowest BCUT2D eigenvalue weighted by Gasteiger charge is -2.30. The SMILES string of the molecule is CO[C@H]1/C=C\C=C(/C)C(=O)NC2=CC(=O)C(NCc3ccccc3C)=C(C[C@@H](C)C[C@H](OC)[C@H](O)[C@@H](C)/C=C(\C)[C@@H]1OC(N)=O)C2=O. The number of nitrogens with one attached hydrogen (secondary N) is 2. The van der Waals surface area contributed by atoms with Gasteiger partial charge < -0.3 is 35.7 Å². The third kappa shape index (κ3) is 9.84. The van der Waals surface area contributed by atoms with Crippen LogP contribution in [-0.2, 0) is 35.1 Å². The number of primary amides is 1. The number of aliphatic hydroxyl groups excluding tert-OH is 1. The highest BCUT2D eigenvalue weighted by Gasteiger charge is 2.33. The summed E-state index contributed by atoms with van der Waals surface area (Å²) in [6, 6.07) is 7.75. The molecule has 0 saturated carbocycles. The number of hydrogen-bond donors (Lipinski definition) is 4. The standard InChI is InChI=1S/C36H47N3O8/c1-20-15-26-31(38-19-25-13-9-8-11-21(25)2)28(40)18-27(33(26)42)39-35(43)22(3)12-10-14-29(45-6)34(47-36(37)44)24(5)17-23(4)32(41)30(16-20)46-7/h8-14,17-18,20,23,29-30,32,34,38,41H,15-16,19H2,1-7H3,(H2,37,44)(H,39,43)/b14-10-,22-12+,24-17+/t20-,23+,29+,30+,32-,34+/m1/s1. The number of ketones is 2. The van der Waals surface area contributed by atoms with Crippen molar-refractivity contribution < 1.29 is 38.5 Å². The first-order valence-corrected chi connectivity index (χ1v) is 15.6. The third-order valence-electron chi connectivity index (χ3n) is 8.51. The second kappa shape index (κ2) is 17.0. The number of methoxy groups -OCH3 is 2. The topological polar surface area (TPSA) is 166 Å². The second-order valence-corrected chi connectivity index (χ2v) is 12.2. The number of carbonyl (C=O) groups is 4. The summed E-state index contributed by atoms with van der Waals surface area (Å²) >= 11 is 0. The Morgan fingerprint density at radius 3 is 2.43 bits per heavy atom. The highest BCUT2D eigenvalue weighted by atomic mass is 16.6. The van der Waals surface area contributed by atoms with Crippen LogP contribution in [0.4, 0.5) is 4.79 Å². The third-order valence-corrected chi connectivity index (χ3v) is 8.51. The number of aryl methyl sites for hydroxylation is 1. The summed E-state index contributed by atoms with van der Waals surface area (Å²) in [6.45, 7) is 9.32. The summed E-state index contributed by atoms with van der Waals surface area (Å²) in [5, 5.41) is 17.2. The Labute approximate surface area is 276 Å². The molecule has 5 N–H and O–H groups in total. The predicted molar refractivity (Wildman–Crippen MR) is 178 cm³/mol. The Bertz CT molecular complexity index is 1500. The van der Waals surface area contributed by atoms with Gasteiger partial charge in [-0.3, -0.25) is 14.4 Å². The largest absolute Gasteiger partial charge is 0.439 e. The summed E-state index contributed by atoms with van der Waals surface area (Å²) in [6.07, 6.45) is 3.80. The Balaban J connectivity index is 2.07. The van der Waals surface area contributed by atoms with Gasteiger partial charge in [-0.05, 0) is 56.2 Å². The number of Topliss-reactive ketones (excluding diaryl/α,β-unsaturated/α-hetero) is 1. The number of hydrogen-bond acceptors (Lipinski definition) is 9. The predicted octanol–water partition coefficient (Wildman–Crippen LogP) is 3.86. The summed E-state index contributed by atoms with van der Waals surface area (Å²) in [7, 11) is 2.94. The lowest BCUT2D eigenvalue weighted by molar-refractivity contribution is -0.120. The highest BCUT2D eigenvalue weighted by Crippen LogP contribution is 2.29. The minimum Gasteiger partial charge on any atom is -0.439 e. The van der Waals surface area contributed by atoms with Crippen molar-refractivity contribution in [3.63, 3.8) is 0 Å². The summed E-state index contributed by atoms with van der Waals surface area (Å²) in [5.74, 6) is -2.14. The fourth-order valence-electron chi connectivity index (χ4n) is 5.77. The molecule has 6 atom stereocenters. The van der Waals surface area contributed by atoms with Crippen molar-refractivity contribution in [1.82, 2.24) is 10.6 Å². The zero-order chi connectivity index (χ0) is 34.8. The van der Waals surface area contributed by atoms with Crippen molar-refractivity contribution in [2.24, 2.45) is 17.6 Å². The average molecular weight is 650 g/mol. The zero-order valence-electron chi connectivity index (χ0n) is 28.2. The lowest BCUT2D eigenvalue weighted by atomic mass is 9.85. The van der Waals surface area contributed by atoms with Crippen LogP contribution >= 0.6 is 0 Å². The number of allylic oxidation sites excluding steroid dienone is 4. The van der Waals surface area contributed by atoms with Crippen LogP contribution in [0.5, 0.6) is 0 Å². The van der Waals surface area contributed by atoms with E-state index in [1.807, 2.05) is 45.0 Å². The first kappa shape index (κ1) is 37.1. The molecule has 3 rings (SSSR count). The van der Waals surface area contributed by atoms with Gasteiger partial charge in [0.05, 0.1) is 23.6 Å². The molecule has 1 heterocycles. The smallest absolute Gasteiger partial charge is 0.405 e. The molecule has 2 bridgehead atoms. The van der Waals surface area contributed by atoms with Crippen LogP contribution in [0.1, 0.15) is 51.7 Å². The molecule has 0 spiro atoms. The monoisotopic (exact) mass is 649 g/mol. The molecule has 0 saturated heterocycles. The molecule has 254 valence electrons. The van der Waals surface area contributed by atoms with Crippen molar-refractivity contribution in [2.45, 2.75) is 78.4 Å². The fourth-order valence-corrected chi connectivity index (χ4v) is 5.77. The normalized spacial score (nSPS) is 29.5. The van der Waals surface area contributed by atoms with Gasteiger partial charge in [-0.15, -0.1) is 0 Å². The Hall–Kier alpha value is -4.32. The van der Waals surface area contributed by atoms with E-state index < -0.39 is 53.9 Å². The summed E-state index contributed by atoms with van der Waals surface area (Å²) in [5.41, 5.74) is 8.51. The van der Waals surface area contributed by atoms with E-state index in [0.717, 1.165) is 17.2 Å². The van der Waals surface area contributed by atoms with Crippen molar-refractivity contribution in [3.8, 4) is 0 Å². The molecule has 47 heavy (non-hydrogen) atoms. The maximum Gasteiger partial charge on any atom is 0.405 e. The van der Waals surface area contributed by atoms with E-state index in [4.69, 9.17) is 19.9 Å². The number of amides is 2. The first-order valence-electron chi connectivity index (χ1n) is 15.6. The molecule has 0 radical (unpaired) electrons. The van der Waals surface area contributed by atoms with E-state index >= 15 is 0 Å². The van der Waals surface area contributed by atoms with Crippen molar-refractivity contribution in [3.05, 3.63) is 93.9 Å². The molecule has 1 aromatic carbocycles. The maximum atomic E-state index is 13.9. The van der Waals surface area contributed by atoms with Crippen LogP contribution in [-0.4, -0.2) is 67.3 Å². The van der Waals surface area contributed by atoms with Crippen LogP contribution in [0.3, 0.4) is 0 Å².